The van der Waals surface area contributed by atoms with Gasteiger partial charge in [0.15, 0.2) is 0 Å². The van der Waals surface area contributed by atoms with Gasteiger partial charge in [0.05, 0.1) is 0 Å². The van der Waals surface area contributed by atoms with Crippen molar-refractivity contribution in [2.24, 2.45) is 0 Å². The van der Waals surface area contributed by atoms with Crippen molar-refractivity contribution in [1.29, 1.82) is 0 Å². The van der Waals surface area contributed by atoms with Gasteiger partial charge in [-0.25, -0.2) is 0 Å². The largest absolute Gasteiger partial charge is 0.0616 e. The molecule has 15 heavy (non-hydrogen) atoms. The molecule has 0 unspecified atom stereocenters. The molecule has 0 radical (unpaired) electrons. The van der Waals surface area contributed by atoms with Crippen LogP contribution in [0.3, 0.4) is 0 Å². The Morgan fingerprint density at radius 2 is 0.733 bits per heavy atom. The second kappa shape index (κ2) is 4.57. The Bertz CT molecular complexity index is 494. The number of hydrogen-bond acceptors (Lipinski definition) is 0. The summed E-state index contributed by atoms with van der Waals surface area (Å²) in [6, 6.07) is 21.4. The topological polar surface area (TPSA) is 0 Å². The molecule has 0 bridgehead atoms. The molecule has 0 saturated carbocycles. The van der Waals surface area contributed by atoms with Crippen molar-refractivity contribution >= 4 is 21.5 Å². The first-order valence-corrected chi connectivity index (χ1v) is 4.81. The minimum absolute atomic E-state index is 0. The van der Waals surface area contributed by atoms with Crippen LogP contribution in [0.2, 0.25) is 0 Å². The van der Waals surface area contributed by atoms with Crippen molar-refractivity contribution in [3.8, 4) is 0 Å². The molecule has 0 nitrogen and oxygen atoms in total. The number of benzene rings is 3. The van der Waals surface area contributed by atoms with Gasteiger partial charge in [0, 0.05) is 40.4 Å². The molecule has 0 amide bonds. The summed E-state index contributed by atoms with van der Waals surface area (Å²) < 4.78 is 0. The van der Waals surface area contributed by atoms with Gasteiger partial charge >= 0.3 is 0 Å². The molecule has 0 aliphatic rings. The molecule has 0 heterocycles. The fraction of sp³-hybridized carbons (Fsp3) is 0. The van der Waals surface area contributed by atoms with E-state index in [1.807, 2.05) is 0 Å². The number of hydrogen-bond donors (Lipinski definition) is 0. The van der Waals surface area contributed by atoms with E-state index in [1.54, 1.807) is 0 Å². The molecule has 1 heteroatoms. The van der Waals surface area contributed by atoms with Crippen molar-refractivity contribution in [2.45, 2.75) is 0 Å². The summed E-state index contributed by atoms with van der Waals surface area (Å²) in [5.41, 5.74) is 0. The van der Waals surface area contributed by atoms with Crippen LogP contribution in [0.5, 0.6) is 0 Å². The van der Waals surface area contributed by atoms with Crippen LogP contribution >= 0.6 is 0 Å². The average molecular weight is 329 g/mol. The summed E-state index contributed by atoms with van der Waals surface area (Å²) in [7, 11) is 0. The van der Waals surface area contributed by atoms with Gasteiger partial charge in [-0.2, -0.15) is 0 Å². The predicted octanol–water partition coefficient (Wildman–Crippen LogP) is 3.99. The first kappa shape index (κ1) is 11.0. The Morgan fingerprint density at radius 3 is 1.00 bits per heavy atom. The van der Waals surface area contributed by atoms with Gasteiger partial charge in [0.25, 0.3) is 0 Å². The van der Waals surface area contributed by atoms with Crippen LogP contribution in [0.1, 0.15) is 0 Å². The third-order valence-electron chi connectivity index (χ3n) is 2.61. The molecule has 0 fully saturated rings. The summed E-state index contributed by atoms with van der Waals surface area (Å²) in [6.45, 7) is 0. The van der Waals surface area contributed by atoms with Crippen LogP contribution in [-0.2, 0) is 0 Å². The molecule has 72 valence electrons. The Kier molecular flexibility index (Phi) is 3.36. The molecular formula is C14H10Sm. The zero-order valence-electron chi connectivity index (χ0n) is 8.18. The number of fused-ring (bicyclic) bond motifs is 2. The zero-order valence-corrected chi connectivity index (χ0v) is 10.8. The van der Waals surface area contributed by atoms with Gasteiger partial charge in [-0.05, 0) is 33.7 Å². The van der Waals surface area contributed by atoms with Crippen molar-refractivity contribution in [1.82, 2.24) is 0 Å². The van der Waals surface area contributed by atoms with Crippen LogP contribution in [0, 0.1) is 40.4 Å². The van der Waals surface area contributed by atoms with Gasteiger partial charge in [0.1, 0.15) is 0 Å². The molecule has 0 aromatic heterocycles. The summed E-state index contributed by atoms with van der Waals surface area (Å²) in [6.07, 6.45) is 0. The van der Waals surface area contributed by atoms with Crippen LogP contribution in [0.15, 0.2) is 60.7 Å². The van der Waals surface area contributed by atoms with E-state index >= 15 is 0 Å². The second-order valence-corrected chi connectivity index (χ2v) is 3.55. The smallest absolute Gasteiger partial charge is 0 e. The molecule has 3 aromatic rings. The standard InChI is InChI=1S/C14H10.Sm/c1-2-6-12-10-14-8-4-3-7-13(14)9-11(12)5-1;/h1-10H;. The van der Waals surface area contributed by atoms with Crippen molar-refractivity contribution in [3.63, 3.8) is 0 Å². The molecule has 0 saturated heterocycles. The molecule has 0 N–H and O–H groups in total. The molecule has 0 spiro atoms. The third kappa shape index (κ3) is 2.06. The number of rotatable bonds is 0. The van der Waals surface area contributed by atoms with Gasteiger partial charge in [-0.3, -0.25) is 0 Å². The molecule has 3 aromatic carbocycles. The van der Waals surface area contributed by atoms with Gasteiger partial charge in [0.2, 0.25) is 0 Å². The summed E-state index contributed by atoms with van der Waals surface area (Å²) in [4.78, 5) is 0. The van der Waals surface area contributed by atoms with Gasteiger partial charge < -0.3 is 0 Å². The van der Waals surface area contributed by atoms with Crippen molar-refractivity contribution in [2.75, 3.05) is 0 Å². The van der Waals surface area contributed by atoms with E-state index in [0.29, 0.717) is 0 Å². The van der Waals surface area contributed by atoms with E-state index < -0.39 is 0 Å². The van der Waals surface area contributed by atoms with E-state index in [0.717, 1.165) is 0 Å². The summed E-state index contributed by atoms with van der Waals surface area (Å²) in [5.74, 6) is 0. The van der Waals surface area contributed by atoms with Crippen LogP contribution in [0.25, 0.3) is 21.5 Å². The third-order valence-corrected chi connectivity index (χ3v) is 2.61. The predicted molar refractivity (Wildman–Crippen MR) is 61.5 cm³/mol. The second-order valence-electron chi connectivity index (χ2n) is 3.55. The molecule has 0 aliphatic carbocycles. The quantitative estimate of drug-likeness (QED) is 0.547. The maximum Gasteiger partial charge on any atom is 0 e. The Hall–Kier alpha value is -0.482. The Balaban J connectivity index is 0.000000853. The van der Waals surface area contributed by atoms with Crippen LogP contribution in [-0.4, -0.2) is 0 Å². The maximum atomic E-state index is 2.24. The van der Waals surface area contributed by atoms with E-state index in [2.05, 4.69) is 60.7 Å². The van der Waals surface area contributed by atoms with Gasteiger partial charge in [-0.15, -0.1) is 0 Å². The minimum Gasteiger partial charge on any atom is -0.0616 e. The zero-order chi connectivity index (χ0) is 9.38. The monoisotopic (exact) mass is 330 g/mol. The van der Waals surface area contributed by atoms with E-state index in [4.69, 9.17) is 0 Å². The fourth-order valence-electron chi connectivity index (χ4n) is 1.88. The Morgan fingerprint density at radius 1 is 0.467 bits per heavy atom. The average Bonchev–Trinajstić information content (AvgIpc) is 2.26. The van der Waals surface area contributed by atoms with Crippen LogP contribution < -0.4 is 0 Å². The van der Waals surface area contributed by atoms with Crippen molar-refractivity contribution < 1.29 is 40.4 Å². The normalized spacial score (nSPS) is 10.1. The van der Waals surface area contributed by atoms with Gasteiger partial charge in [-0.1, -0.05) is 48.5 Å². The molecule has 3 rings (SSSR count). The maximum absolute atomic E-state index is 2.24. The van der Waals surface area contributed by atoms with Crippen LogP contribution in [0.4, 0.5) is 0 Å². The Labute approximate surface area is 121 Å². The van der Waals surface area contributed by atoms with E-state index in [9.17, 15) is 0 Å². The minimum atomic E-state index is 0. The first-order chi connectivity index (χ1) is 6.93. The molecule has 0 atom stereocenters. The van der Waals surface area contributed by atoms with Crippen molar-refractivity contribution in [3.05, 3.63) is 60.7 Å². The van der Waals surface area contributed by atoms with E-state index in [1.165, 1.54) is 21.5 Å². The summed E-state index contributed by atoms with van der Waals surface area (Å²) in [5, 5.41) is 5.25. The molecule has 0 aliphatic heterocycles. The summed E-state index contributed by atoms with van der Waals surface area (Å²) >= 11 is 0. The molecular weight excluding hydrogens is 319 g/mol. The first-order valence-electron chi connectivity index (χ1n) is 4.81. The SMILES string of the molecule is [Sm].c1ccc2cc3ccccc3cc2c1. The fourth-order valence-corrected chi connectivity index (χ4v) is 1.88. The van der Waals surface area contributed by atoms with E-state index in [-0.39, 0.29) is 40.4 Å².